The minimum atomic E-state index is 0.266. The third-order valence-electron chi connectivity index (χ3n) is 4.43. The fourth-order valence-electron chi connectivity index (χ4n) is 3.41. The Morgan fingerprint density at radius 1 is 1.24 bits per heavy atom. The van der Waals surface area contributed by atoms with Crippen LogP contribution in [0.5, 0.6) is 0 Å². The zero-order valence-electron chi connectivity index (χ0n) is 12.0. The Balaban J connectivity index is 1.76. The maximum Gasteiger partial charge on any atom is 0.152 e. The van der Waals surface area contributed by atoms with Crippen molar-refractivity contribution in [2.24, 2.45) is 5.84 Å². The number of rotatable bonds is 3. The number of nitrogen functional groups attached to an aromatic ring is 1. The van der Waals surface area contributed by atoms with Crippen molar-refractivity contribution < 1.29 is 4.74 Å². The molecule has 3 heterocycles. The quantitative estimate of drug-likeness (QED) is 0.673. The molecule has 2 aliphatic rings. The van der Waals surface area contributed by atoms with Gasteiger partial charge in [0.15, 0.2) is 5.82 Å². The molecular formula is C15H20N4OS. The maximum atomic E-state index is 5.72. The number of aryl methyl sites for hydroxylation is 2. The summed E-state index contributed by atoms with van der Waals surface area (Å²) in [5, 5.41) is 1.15. The van der Waals surface area contributed by atoms with Crippen LogP contribution in [-0.4, -0.2) is 22.7 Å². The Morgan fingerprint density at radius 2 is 2.14 bits per heavy atom. The van der Waals surface area contributed by atoms with E-state index < -0.39 is 0 Å². The number of aromatic nitrogens is 2. The first-order valence-corrected chi connectivity index (χ1v) is 8.56. The Labute approximate surface area is 127 Å². The molecule has 1 unspecified atom stereocenters. The Hall–Kier alpha value is -1.24. The molecule has 3 N–H and O–H groups in total. The predicted molar refractivity (Wildman–Crippen MR) is 84.5 cm³/mol. The van der Waals surface area contributed by atoms with Gasteiger partial charge in [-0.3, -0.25) is 0 Å². The highest BCUT2D eigenvalue weighted by Crippen LogP contribution is 2.38. The van der Waals surface area contributed by atoms with Crippen LogP contribution in [0, 0.1) is 0 Å². The van der Waals surface area contributed by atoms with Crippen LogP contribution in [0.15, 0.2) is 0 Å². The van der Waals surface area contributed by atoms with Gasteiger partial charge >= 0.3 is 0 Å². The summed E-state index contributed by atoms with van der Waals surface area (Å²) in [6.45, 7) is 0.863. The van der Waals surface area contributed by atoms with E-state index in [0.29, 0.717) is 0 Å². The molecule has 2 aromatic rings. The molecular weight excluding hydrogens is 284 g/mol. The fourth-order valence-corrected chi connectivity index (χ4v) is 4.69. The standard InChI is InChI=1S/C15H20N4OS/c16-19-14-13-10-5-1-2-6-11(10)21-15(13)18-12(17-14)8-9-4-3-7-20-9/h9H,1-8,16H2,(H,17,18,19). The van der Waals surface area contributed by atoms with Crippen LogP contribution in [0.25, 0.3) is 10.2 Å². The highest BCUT2D eigenvalue weighted by Gasteiger charge is 2.23. The molecule has 6 heteroatoms. The third kappa shape index (κ3) is 2.41. The molecule has 1 saturated heterocycles. The molecule has 4 rings (SSSR count). The zero-order valence-corrected chi connectivity index (χ0v) is 12.8. The molecule has 1 atom stereocenters. The van der Waals surface area contributed by atoms with Gasteiger partial charge in [0.1, 0.15) is 10.7 Å². The number of nitrogens with zero attached hydrogens (tertiary/aromatic N) is 2. The van der Waals surface area contributed by atoms with Crippen LogP contribution >= 0.6 is 11.3 Å². The summed E-state index contributed by atoms with van der Waals surface area (Å²) < 4.78 is 5.70. The molecule has 0 amide bonds. The summed E-state index contributed by atoms with van der Waals surface area (Å²) in [6, 6.07) is 0. The minimum Gasteiger partial charge on any atom is -0.378 e. The normalized spacial score (nSPS) is 21.7. The molecule has 0 spiro atoms. The first-order valence-electron chi connectivity index (χ1n) is 7.74. The van der Waals surface area contributed by atoms with E-state index in [1.165, 1.54) is 29.7 Å². The smallest absolute Gasteiger partial charge is 0.152 e. The number of hydrazine groups is 1. The van der Waals surface area contributed by atoms with Gasteiger partial charge in [-0.15, -0.1) is 11.3 Å². The molecule has 1 aliphatic carbocycles. The van der Waals surface area contributed by atoms with Crippen molar-refractivity contribution in [2.75, 3.05) is 12.0 Å². The van der Waals surface area contributed by atoms with E-state index in [1.807, 2.05) is 11.3 Å². The third-order valence-corrected chi connectivity index (χ3v) is 5.62. The lowest BCUT2D eigenvalue weighted by Gasteiger charge is -2.12. The summed E-state index contributed by atoms with van der Waals surface area (Å²) in [5.74, 6) is 7.35. The van der Waals surface area contributed by atoms with Gasteiger partial charge in [0, 0.05) is 17.9 Å². The summed E-state index contributed by atoms with van der Waals surface area (Å²) in [5.41, 5.74) is 4.20. The van der Waals surface area contributed by atoms with Crippen LogP contribution in [0.2, 0.25) is 0 Å². The molecule has 112 valence electrons. The molecule has 0 bridgehead atoms. The molecule has 2 aromatic heterocycles. The van der Waals surface area contributed by atoms with E-state index in [4.69, 9.17) is 15.6 Å². The Kier molecular flexibility index (Phi) is 3.52. The highest BCUT2D eigenvalue weighted by molar-refractivity contribution is 7.19. The number of thiophene rings is 1. The van der Waals surface area contributed by atoms with Crippen LogP contribution < -0.4 is 11.3 Å². The van der Waals surface area contributed by atoms with E-state index in [0.717, 1.165) is 54.1 Å². The molecule has 0 aromatic carbocycles. The van der Waals surface area contributed by atoms with Crippen molar-refractivity contribution in [3.05, 3.63) is 16.3 Å². The van der Waals surface area contributed by atoms with Crippen LogP contribution in [0.1, 0.15) is 41.9 Å². The number of anilines is 1. The van der Waals surface area contributed by atoms with E-state index in [9.17, 15) is 0 Å². The van der Waals surface area contributed by atoms with Gasteiger partial charge < -0.3 is 10.2 Å². The monoisotopic (exact) mass is 304 g/mol. The highest BCUT2D eigenvalue weighted by atomic mass is 32.1. The van der Waals surface area contributed by atoms with Crippen LogP contribution in [0.3, 0.4) is 0 Å². The predicted octanol–water partition coefficient (Wildman–Crippen LogP) is 2.58. The molecule has 1 aliphatic heterocycles. The summed E-state index contributed by atoms with van der Waals surface area (Å²) in [7, 11) is 0. The first kappa shape index (κ1) is 13.4. The average molecular weight is 304 g/mol. The van der Waals surface area contributed by atoms with E-state index in [1.54, 1.807) is 0 Å². The van der Waals surface area contributed by atoms with Crippen molar-refractivity contribution in [1.29, 1.82) is 0 Å². The molecule has 0 radical (unpaired) electrons. The summed E-state index contributed by atoms with van der Waals surface area (Å²) in [4.78, 5) is 12.0. The van der Waals surface area contributed by atoms with E-state index in [-0.39, 0.29) is 6.10 Å². The van der Waals surface area contributed by atoms with Gasteiger partial charge in [0.25, 0.3) is 0 Å². The SMILES string of the molecule is NNc1nc(CC2CCCO2)nc2sc3c(c12)CCCC3. The van der Waals surface area contributed by atoms with Gasteiger partial charge in [-0.25, -0.2) is 15.8 Å². The van der Waals surface area contributed by atoms with Crippen molar-refractivity contribution in [3.8, 4) is 0 Å². The number of ether oxygens (including phenoxy) is 1. The van der Waals surface area contributed by atoms with Gasteiger partial charge in [0.05, 0.1) is 11.5 Å². The molecule has 0 saturated carbocycles. The van der Waals surface area contributed by atoms with Crippen molar-refractivity contribution >= 4 is 27.4 Å². The lowest BCUT2D eigenvalue weighted by atomic mass is 9.97. The van der Waals surface area contributed by atoms with Crippen LogP contribution in [0.4, 0.5) is 5.82 Å². The van der Waals surface area contributed by atoms with E-state index in [2.05, 4.69) is 10.4 Å². The number of nitrogens with one attached hydrogen (secondary N) is 1. The van der Waals surface area contributed by atoms with Crippen molar-refractivity contribution in [1.82, 2.24) is 9.97 Å². The van der Waals surface area contributed by atoms with Crippen molar-refractivity contribution in [3.63, 3.8) is 0 Å². The Bertz CT molecular complexity index is 663. The Morgan fingerprint density at radius 3 is 2.95 bits per heavy atom. The van der Waals surface area contributed by atoms with Gasteiger partial charge in [-0.05, 0) is 44.1 Å². The number of fused-ring (bicyclic) bond motifs is 3. The lowest BCUT2D eigenvalue weighted by Crippen LogP contribution is -2.15. The van der Waals surface area contributed by atoms with Crippen molar-refractivity contribution in [2.45, 2.75) is 51.0 Å². The fraction of sp³-hybridized carbons (Fsp3) is 0.600. The minimum absolute atomic E-state index is 0.266. The first-order chi connectivity index (χ1) is 10.3. The average Bonchev–Trinajstić information content (AvgIpc) is 3.13. The number of hydrogen-bond donors (Lipinski definition) is 2. The van der Waals surface area contributed by atoms with Gasteiger partial charge in [0.2, 0.25) is 0 Å². The molecule has 5 nitrogen and oxygen atoms in total. The molecule has 1 fully saturated rings. The largest absolute Gasteiger partial charge is 0.378 e. The van der Waals surface area contributed by atoms with E-state index >= 15 is 0 Å². The summed E-state index contributed by atoms with van der Waals surface area (Å²) in [6.07, 6.45) is 8.12. The zero-order chi connectivity index (χ0) is 14.2. The number of nitrogens with two attached hydrogens (primary N) is 1. The molecule has 21 heavy (non-hydrogen) atoms. The maximum absolute atomic E-state index is 5.72. The van der Waals surface area contributed by atoms with Gasteiger partial charge in [-0.1, -0.05) is 0 Å². The summed E-state index contributed by atoms with van der Waals surface area (Å²) >= 11 is 1.81. The van der Waals surface area contributed by atoms with Crippen LogP contribution in [-0.2, 0) is 24.0 Å². The second-order valence-electron chi connectivity index (χ2n) is 5.86. The second-order valence-corrected chi connectivity index (χ2v) is 6.95. The number of hydrogen-bond acceptors (Lipinski definition) is 6. The topological polar surface area (TPSA) is 73.1 Å². The van der Waals surface area contributed by atoms with Gasteiger partial charge in [-0.2, -0.15) is 0 Å². The lowest BCUT2D eigenvalue weighted by molar-refractivity contribution is 0.110. The second kappa shape index (κ2) is 5.51.